The van der Waals surface area contributed by atoms with Crippen LogP contribution in [-0.4, -0.2) is 16.2 Å². The summed E-state index contributed by atoms with van der Waals surface area (Å²) in [7, 11) is 0. The van der Waals surface area contributed by atoms with Crippen LogP contribution in [0.5, 0.6) is 0 Å². The SMILES string of the molecule is CSc1nc(NN)cc(Nc2ccc(F)cc2Cl)n1. The second kappa shape index (κ2) is 6.05. The van der Waals surface area contributed by atoms with Crippen molar-refractivity contribution in [3.8, 4) is 0 Å². The fraction of sp³-hybridized carbons (Fsp3) is 0.0909. The second-order valence-corrected chi connectivity index (χ2v) is 4.70. The summed E-state index contributed by atoms with van der Waals surface area (Å²) in [6.07, 6.45) is 1.85. The summed E-state index contributed by atoms with van der Waals surface area (Å²) in [4.78, 5) is 8.38. The third-order valence-electron chi connectivity index (χ3n) is 2.23. The molecule has 0 unspecified atom stereocenters. The Morgan fingerprint density at radius 1 is 1.26 bits per heavy atom. The highest BCUT2D eigenvalue weighted by Crippen LogP contribution is 2.26. The van der Waals surface area contributed by atoms with E-state index in [0.29, 0.717) is 22.5 Å². The molecule has 0 aliphatic carbocycles. The van der Waals surface area contributed by atoms with Crippen molar-refractivity contribution in [2.24, 2.45) is 5.84 Å². The highest BCUT2D eigenvalue weighted by atomic mass is 35.5. The molecule has 2 rings (SSSR count). The number of nitrogens with two attached hydrogens (primary N) is 1. The molecule has 1 aromatic heterocycles. The first-order chi connectivity index (χ1) is 9.12. The van der Waals surface area contributed by atoms with Crippen LogP contribution in [0.4, 0.5) is 21.7 Å². The fourth-order valence-electron chi connectivity index (χ4n) is 1.38. The minimum absolute atomic E-state index is 0.270. The van der Waals surface area contributed by atoms with Gasteiger partial charge in [-0.05, 0) is 24.5 Å². The summed E-state index contributed by atoms with van der Waals surface area (Å²) in [5, 5.41) is 3.81. The van der Waals surface area contributed by atoms with Gasteiger partial charge < -0.3 is 10.7 Å². The first kappa shape index (κ1) is 13.9. The zero-order chi connectivity index (χ0) is 13.8. The van der Waals surface area contributed by atoms with Crippen molar-refractivity contribution in [3.63, 3.8) is 0 Å². The van der Waals surface area contributed by atoms with Gasteiger partial charge in [0, 0.05) is 6.07 Å². The van der Waals surface area contributed by atoms with Crippen molar-refractivity contribution in [1.82, 2.24) is 9.97 Å². The normalized spacial score (nSPS) is 10.3. The van der Waals surface area contributed by atoms with E-state index in [1.807, 2.05) is 6.26 Å². The van der Waals surface area contributed by atoms with E-state index < -0.39 is 5.82 Å². The molecule has 0 saturated carbocycles. The molecule has 0 atom stereocenters. The van der Waals surface area contributed by atoms with Crippen LogP contribution in [0, 0.1) is 5.82 Å². The van der Waals surface area contributed by atoms with Gasteiger partial charge in [-0.2, -0.15) is 0 Å². The molecule has 100 valence electrons. The van der Waals surface area contributed by atoms with Crippen LogP contribution in [0.25, 0.3) is 0 Å². The minimum atomic E-state index is -0.396. The maximum atomic E-state index is 13.0. The van der Waals surface area contributed by atoms with Crippen molar-refractivity contribution in [2.45, 2.75) is 5.16 Å². The summed E-state index contributed by atoms with van der Waals surface area (Å²) in [5.41, 5.74) is 3.01. The third kappa shape index (κ3) is 3.46. The molecule has 1 aromatic carbocycles. The van der Waals surface area contributed by atoms with Crippen LogP contribution < -0.4 is 16.6 Å². The number of nitrogen functional groups attached to an aromatic ring is 1. The number of nitrogens with zero attached hydrogens (tertiary/aromatic N) is 2. The Hall–Kier alpha value is -1.57. The van der Waals surface area contributed by atoms with Gasteiger partial charge in [0.15, 0.2) is 5.16 Å². The number of halogens is 2. The van der Waals surface area contributed by atoms with Gasteiger partial charge in [-0.1, -0.05) is 23.4 Å². The standard InChI is InChI=1S/C11H11ClFN5S/c1-19-11-16-9(5-10(17-11)18-14)15-8-3-2-6(13)4-7(8)12/h2-5H,14H2,1H3,(H2,15,16,17,18). The monoisotopic (exact) mass is 299 g/mol. The molecular formula is C11H11ClFN5S. The van der Waals surface area contributed by atoms with Gasteiger partial charge in [0.1, 0.15) is 17.5 Å². The molecule has 8 heteroatoms. The number of hydrazine groups is 1. The first-order valence-corrected chi connectivity index (χ1v) is 6.84. The number of hydrogen-bond acceptors (Lipinski definition) is 6. The van der Waals surface area contributed by atoms with E-state index in [9.17, 15) is 4.39 Å². The lowest BCUT2D eigenvalue weighted by molar-refractivity contribution is 0.628. The van der Waals surface area contributed by atoms with Crippen LogP contribution in [0.1, 0.15) is 0 Å². The molecule has 0 bridgehead atoms. The molecule has 0 saturated heterocycles. The maximum Gasteiger partial charge on any atom is 0.191 e. The number of rotatable bonds is 4. The Morgan fingerprint density at radius 3 is 2.63 bits per heavy atom. The van der Waals surface area contributed by atoms with Crippen LogP contribution >= 0.6 is 23.4 Å². The lowest BCUT2D eigenvalue weighted by atomic mass is 10.3. The van der Waals surface area contributed by atoms with Crippen LogP contribution in [0.2, 0.25) is 5.02 Å². The number of thioether (sulfide) groups is 1. The van der Waals surface area contributed by atoms with Crippen molar-refractivity contribution >= 4 is 40.7 Å². The molecule has 2 aromatic rings. The number of anilines is 3. The van der Waals surface area contributed by atoms with Crippen molar-refractivity contribution in [1.29, 1.82) is 0 Å². The summed E-state index contributed by atoms with van der Waals surface area (Å²) in [6.45, 7) is 0. The van der Waals surface area contributed by atoms with E-state index in [2.05, 4.69) is 20.7 Å². The molecule has 0 spiro atoms. The highest BCUT2D eigenvalue weighted by molar-refractivity contribution is 7.98. The molecule has 1 heterocycles. The molecular weight excluding hydrogens is 289 g/mol. The van der Waals surface area contributed by atoms with E-state index >= 15 is 0 Å². The number of nitrogens with one attached hydrogen (secondary N) is 2. The summed E-state index contributed by atoms with van der Waals surface area (Å²) >= 11 is 7.31. The van der Waals surface area contributed by atoms with E-state index in [-0.39, 0.29) is 5.02 Å². The lowest BCUT2D eigenvalue weighted by Gasteiger charge is -2.10. The van der Waals surface area contributed by atoms with Crippen LogP contribution in [-0.2, 0) is 0 Å². The van der Waals surface area contributed by atoms with E-state index in [0.717, 1.165) is 0 Å². The molecule has 0 amide bonds. The fourth-order valence-corrected chi connectivity index (χ4v) is 1.98. The summed E-state index contributed by atoms with van der Waals surface area (Å²) < 4.78 is 13.0. The van der Waals surface area contributed by atoms with E-state index in [4.69, 9.17) is 17.4 Å². The summed E-state index contributed by atoms with van der Waals surface area (Å²) in [5.74, 6) is 5.92. The van der Waals surface area contributed by atoms with E-state index in [1.54, 1.807) is 6.07 Å². The van der Waals surface area contributed by atoms with Gasteiger partial charge in [0.25, 0.3) is 0 Å². The molecule has 0 aliphatic rings. The molecule has 4 N–H and O–H groups in total. The van der Waals surface area contributed by atoms with Gasteiger partial charge in [-0.3, -0.25) is 0 Å². The Balaban J connectivity index is 2.31. The predicted molar refractivity (Wildman–Crippen MR) is 76.3 cm³/mol. The maximum absolute atomic E-state index is 13.0. The number of benzene rings is 1. The Morgan fingerprint density at radius 2 is 2.00 bits per heavy atom. The topological polar surface area (TPSA) is 75.9 Å². The third-order valence-corrected chi connectivity index (χ3v) is 3.09. The molecule has 0 fully saturated rings. The predicted octanol–water partition coefficient (Wildman–Crippen LogP) is 3.02. The van der Waals surface area contributed by atoms with Crippen molar-refractivity contribution in [3.05, 3.63) is 35.1 Å². The van der Waals surface area contributed by atoms with Gasteiger partial charge in [-0.15, -0.1) is 0 Å². The minimum Gasteiger partial charge on any atom is -0.339 e. The van der Waals surface area contributed by atoms with E-state index in [1.165, 1.54) is 30.0 Å². The van der Waals surface area contributed by atoms with Crippen molar-refractivity contribution in [2.75, 3.05) is 17.0 Å². The summed E-state index contributed by atoms with van der Waals surface area (Å²) in [6, 6.07) is 5.70. The average Bonchev–Trinajstić information content (AvgIpc) is 2.41. The second-order valence-electron chi connectivity index (χ2n) is 3.52. The molecule has 19 heavy (non-hydrogen) atoms. The Bertz CT molecular complexity index is 573. The highest BCUT2D eigenvalue weighted by Gasteiger charge is 2.06. The molecule has 5 nitrogen and oxygen atoms in total. The van der Waals surface area contributed by atoms with Crippen molar-refractivity contribution < 1.29 is 4.39 Å². The Labute approximate surface area is 118 Å². The Kier molecular flexibility index (Phi) is 4.41. The van der Waals surface area contributed by atoms with Crippen LogP contribution in [0.3, 0.4) is 0 Å². The van der Waals surface area contributed by atoms with Gasteiger partial charge in [0.2, 0.25) is 0 Å². The molecule has 0 aliphatic heterocycles. The zero-order valence-electron chi connectivity index (χ0n) is 9.95. The lowest BCUT2D eigenvalue weighted by Crippen LogP contribution is -2.10. The average molecular weight is 300 g/mol. The molecule has 0 radical (unpaired) electrons. The first-order valence-electron chi connectivity index (χ1n) is 5.24. The number of hydrogen-bond donors (Lipinski definition) is 3. The number of aromatic nitrogens is 2. The zero-order valence-corrected chi connectivity index (χ0v) is 11.5. The van der Waals surface area contributed by atoms with Gasteiger partial charge in [-0.25, -0.2) is 20.2 Å². The smallest absolute Gasteiger partial charge is 0.191 e. The van der Waals surface area contributed by atoms with Crippen LogP contribution in [0.15, 0.2) is 29.4 Å². The largest absolute Gasteiger partial charge is 0.339 e. The van der Waals surface area contributed by atoms with Gasteiger partial charge in [0.05, 0.1) is 10.7 Å². The van der Waals surface area contributed by atoms with Gasteiger partial charge >= 0.3 is 0 Å². The quantitative estimate of drug-likeness (QED) is 0.349.